The fourth-order valence-electron chi connectivity index (χ4n) is 3.27. The molecule has 154 valence electrons. The van der Waals surface area contributed by atoms with Gasteiger partial charge in [0.25, 0.3) is 5.91 Å². The molecule has 0 atom stereocenters. The minimum absolute atomic E-state index is 0.227. The van der Waals surface area contributed by atoms with E-state index in [1.54, 1.807) is 37.3 Å². The molecule has 6 nitrogen and oxygen atoms in total. The molecule has 3 rings (SSSR count). The van der Waals surface area contributed by atoms with E-state index in [-0.39, 0.29) is 11.5 Å². The molecule has 0 spiro atoms. The molecule has 0 aliphatic carbocycles. The summed E-state index contributed by atoms with van der Waals surface area (Å²) in [5, 5.41) is 0. The second-order valence-electron chi connectivity index (χ2n) is 6.73. The topological polar surface area (TPSA) is 81.9 Å². The number of carbonyl (C=O) groups excluding carboxylic acids is 2. The Morgan fingerprint density at radius 1 is 0.767 bits per heavy atom. The number of benzene rings is 3. The van der Waals surface area contributed by atoms with E-state index in [2.05, 4.69) is 0 Å². The first-order chi connectivity index (χ1) is 14.5. The smallest absolute Gasteiger partial charge is 0.254 e. The summed E-state index contributed by atoms with van der Waals surface area (Å²) in [5.41, 5.74) is 7.80. The number of primary amides is 1. The molecule has 2 N–H and O–H groups in total. The van der Waals surface area contributed by atoms with Crippen molar-refractivity contribution in [1.82, 2.24) is 4.90 Å². The molecule has 3 aromatic carbocycles. The number of hydrogen-bond donors (Lipinski definition) is 1. The van der Waals surface area contributed by atoms with Crippen LogP contribution < -0.4 is 15.2 Å². The third kappa shape index (κ3) is 4.78. The summed E-state index contributed by atoms with van der Waals surface area (Å²) in [5.74, 6) is 0.586. The molecular formula is C24H24N2O4. The first-order valence-electron chi connectivity index (χ1n) is 9.46. The molecule has 30 heavy (non-hydrogen) atoms. The lowest BCUT2D eigenvalue weighted by atomic mass is 10.1. The Bertz CT molecular complexity index is 999. The SMILES string of the molecule is COc1ccccc1CN(Cc1ccccc1OC)C(=O)c1cccc(C(N)=O)c1. The van der Waals surface area contributed by atoms with E-state index in [1.807, 2.05) is 48.5 Å². The molecular weight excluding hydrogens is 380 g/mol. The van der Waals surface area contributed by atoms with Crippen molar-refractivity contribution in [2.45, 2.75) is 13.1 Å². The van der Waals surface area contributed by atoms with Gasteiger partial charge in [-0.15, -0.1) is 0 Å². The fraction of sp³-hybridized carbons (Fsp3) is 0.167. The monoisotopic (exact) mass is 404 g/mol. The van der Waals surface area contributed by atoms with Gasteiger partial charge in [0.1, 0.15) is 11.5 Å². The van der Waals surface area contributed by atoms with Crippen LogP contribution in [-0.2, 0) is 13.1 Å². The molecule has 6 heteroatoms. The standard InChI is InChI=1S/C24H24N2O4/c1-29-21-12-5-3-8-19(21)15-26(16-20-9-4-6-13-22(20)30-2)24(28)18-11-7-10-17(14-18)23(25)27/h3-14H,15-16H2,1-2H3,(H2,25,27). The van der Waals surface area contributed by atoms with E-state index < -0.39 is 5.91 Å². The van der Waals surface area contributed by atoms with Gasteiger partial charge in [-0.05, 0) is 30.3 Å². The van der Waals surface area contributed by atoms with Crippen LogP contribution in [0.3, 0.4) is 0 Å². The third-order valence-corrected chi connectivity index (χ3v) is 4.79. The van der Waals surface area contributed by atoms with E-state index >= 15 is 0 Å². The molecule has 2 amide bonds. The van der Waals surface area contributed by atoms with Gasteiger partial charge in [0.15, 0.2) is 0 Å². The van der Waals surface area contributed by atoms with E-state index in [0.717, 1.165) is 11.1 Å². The molecule has 0 aliphatic rings. The highest BCUT2D eigenvalue weighted by atomic mass is 16.5. The highest BCUT2D eigenvalue weighted by Gasteiger charge is 2.20. The van der Waals surface area contributed by atoms with Crippen LogP contribution >= 0.6 is 0 Å². The molecule has 0 radical (unpaired) electrons. The predicted molar refractivity (Wildman–Crippen MR) is 115 cm³/mol. The van der Waals surface area contributed by atoms with Gasteiger partial charge in [0, 0.05) is 35.3 Å². The van der Waals surface area contributed by atoms with Gasteiger partial charge in [0.05, 0.1) is 14.2 Å². The quantitative estimate of drug-likeness (QED) is 0.621. The molecule has 0 aromatic heterocycles. The number of rotatable bonds is 8. The zero-order chi connectivity index (χ0) is 21.5. The summed E-state index contributed by atoms with van der Waals surface area (Å²) >= 11 is 0. The summed E-state index contributed by atoms with van der Waals surface area (Å²) < 4.78 is 10.9. The molecule has 0 saturated heterocycles. The Labute approximate surface area is 175 Å². The summed E-state index contributed by atoms with van der Waals surface area (Å²) in [6.07, 6.45) is 0. The molecule has 0 heterocycles. The number of amides is 2. The fourth-order valence-corrected chi connectivity index (χ4v) is 3.27. The Balaban J connectivity index is 1.99. The maximum atomic E-state index is 13.4. The van der Waals surface area contributed by atoms with Gasteiger partial charge < -0.3 is 20.1 Å². The van der Waals surface area contributed by atoms with Gasteiger partial charge in [0.2, 0.25) is 5.91 Å². The van der Waals surface area contributed by atoms with Crippen LogP contribution in [-0.4, -0.2) is 30.9 Å². The van der Waals surface area contributed by atoms with Gasteiger partial charge in [-0.2, -0.15) is 0 Å². The molecule has 0 bridgehead atoms. The summed E-state index contributed by atoms with van der Waals surface area (Å²) in [6.45, 7) is 0.642. The summed E-state index contributed by atoms with van der Waals surface area (Å²) in [4.78, 5) is 26.7. The first kappa shape index (κ1) is 20.9. The Morgan fingerprint density at radius 3 is 1.77 bits per heavy atom. The van der Waals surface area contributed by atoms with Crippen molar-refractivity contribution >= 4 is 11.8 Å². The summed E-state index contributed by atoms with van der Waals surface area (Å²) in [7, 11) is 3.20. The zero-order valence-electron chi connectivity index (χ0n) is 17.0. The van der Waals surface area contributed by atoms with Gasteiger partial charge in [-0.25, -0.2) is 0 Å². The van der Waals surface area contributed by atoms with E-state index in [9.17, 15) is 9.59 Å². The van der Waals surface area contributed by atoms with Crippen molar-refractivity contribution in [3.8, 4) is 11.5 Å². The Morgan fingerprint density at radius 2 is 1.27 bits per heavy atom. The van der Waals surface area contributed by atoms with Crippen LogP contribution in [0.1, 0.15) is 31.8 Å². The minimum Gasteiger partial charge on any atom is -0.496 e. The van der Waals surface area contributed by atoms with Crippen molar-refractivity contribution in [2.75, 3.05) is 14.2 Å². The number of nitrogens with two attached hydrogens (primary N) is 1. The maximum absolute atomic E-state index is 13.4. The average molecular weight is 404 g/mol. The maximum Gasteiger partial charge on any atom is 0.254 e. The Hall–Kier alpha value is -3.80. The number of carbonyl (C=O) groups is 2. The third-order valence-electron chi connectivity index (χ3n) is 4.79. The first-order valence-corrected chi connectivity index (χ1v) is 9.46. The van der Waals surface area contributed by atoms with Crippen LogP contribution in [0.15, 0.2) is 72.8 Å². The number of hydrogen-bond acceptors (Lipinski definition) is 4. The zero-order valence-corrected chi connectivity index (χ0v) is 17.0. The lowest BCUT2D eigenvalue weighted by Gasteiger charge is -2.25. The van der Waals surface area contributed by atoms with Crippen LogP contribution in [0.2, 0.25) is 0 Å². The lowest BCUT2D eigenvalue weighted by Crippen LogP contribution is -2.30. The second kappa shape index (κ2) is 9.60. The number of methoxy groups -OCH3 is 2. The minimum atomic E-state index is -0.578. The van der Waals surface area contributed by atoms with Crippen LogP contribution in [0.4, 0.5) is 0 Å². The van der Waals surface area contributed by atoms with Crippen molar-refractivity contribution < 1.29 is 19.1 Å². The van der Waals surface area contributed by atoms with Crippen molar-refractivity contribution in [1.29, 1.82) is 0 Å². The van der Waals surface area contributed by atoms with Gasteiger partial charge in [-0.1, -0.05) is 42.5 Å². The van der Waals surface area contributed by atoms with Crippen LogP contribution in [0.5, 0.6) is 11.5 Å². The van der Waals surface area contributed by atoms with E-state index in [4.69, 9.17) is 15.2 Å². The number of nitrogens with zero attached hydrogens (tertiary/aromatic N) is 1. The van der Waals surface area contributed by atoms with Gasteiger partial charge in [-0.3, -0.25) is 9.59 Å². The van der Waals surface area contributed by atoms with E-state index in [0.29, 0.717) is 30.2 Å². The summed E-state index contributed by atoms with van der Waals surface area (Å²) in [6, 6.07) is 21.5. The van der Waals surface area contributed by atoms with Crippen molar-refractivity contribution in [3.05, 3.63) is 95.1 Å². The van der Waals surface area contributed by atoms with E-state index in [1.165, 1.54) is 6.07 Å². The lowest BCUT2D eigenvalue weighted by molar-refractivity contribution is 0.0727. The highest BCUT2D eigenvalue weighted by molar-refractivity contribution is 5.99. The predicted octanol–water partition coefficient (Wildman–Crippen LogP) is 3.65. The van der Waals surface area contributed by atoms with Crippen LogP contribution in [0, 0.1) is 0 Å². The second-order valence-corrected chi connectivity index (χ2v) is 6.73. The average Bonchev–Trinajstić information content (AvgIpc) is 2.78. The van der Waals surface area contributed by atoms with Crippen molar-refractivity contribution in [2.24, 2.45) is 5.73 Å². The number of ether oxygens (including phenoxy) is 2. The normalized spacial score (nSPS) is 10.3. The molecule has 0 fully saturated rings. The molecule has 0 saturated carbocycles. The van der Waals surface area contributed by atoms with Crippen LogP contribution in [0.25, 0.3) is 0 Å². The molecule has 0 unspecified atom stereocenters. The highest BCUT2D eigenvalue weighted by Crippen LogP contribution is 2.25. The number of para-hydroxylation sites is 2. The van der Waals surface area contributed by atoms with Gasteiger partial charge >= 0.3 is 0 Å². The Kier molecular flexibility index (Phi) is 6.70. The molecule has 0 aliphatic heterocycles. The molecule has 3 aromatic rings. The largest absolute Gasteiger partial charge is 0.496 e. The van der Waals surface area contributed by atoms with Crippen molar-refractivity contribution in [3.63, 3.8) is 0 Å².